The molecule has 212 valence electrons. The normalized spacial score (nSPS) is 13.9. The molecule has 1 atom stereocenters. The molecule has 8 aromatic rings. The SMILES string of the molecule is c1ccc(-c2cccc(-c3ccc(-c4cccc5sc6ccc(C7Cc8ccccc8-c8ccccc87)cc6c45)cc3)c2)cc1. The average molecular weight is 591 g/mol. The van der Waals surface area contributed by atoms with Crippen LogP contribution in [0.25, 0.3) is 64.7 Å². The molecule has 0 nitrogen and oxygen atoms in total. The third-order valence-electron chi connectivity index (χ3n) is 9.49. The van der Waals surface area contributed by atoms with E-state index in [0.29, 0.717) is 5.92 Å². The third kappa shape index (κ3) is 4.51. The number of benzene rings is 7. The number of hydrogen-bond donors (Lipinski definition) is 0. The summed E-state index contributed by atoms with van der Waals surface area (Å²) in [6, 6.07) is 60.5. The van der Waals surface area contributed by atoms with Crippen LogP contribution >= 0.6 is 11.3 Å². The molecule has 1 heterocycles. The summed E-state index contributed by atoms with van der Waals surface area (Å²) >= 11 is 1.90. The smallest absolute Gasteiger partial charge is 0.0361 e. The van der Waals surface area contributed by atoms with Gasteiger partial charge in [-0.1, -0.05) is 140 Å². The quantitative estimate of drug-likeness (QED) is 0.191. The first kappa shape index (κ1) is 26.2. The lowest BCUT2D eigenvalue weighted by molar-refractivity contribution is 0.795. The summed E-state index contributed by atoms with van der Waals surface area (Å²) in [5, 5.41) is 2.72. The van der Waals surface area contributed by atoms with Gasteiger partial charge < -0.3 is 0 Å². The monoisotopic (exact) mass is 590 g/mol. The van der Waals surface area contributed by atoms with Crippen molar-refractivity contribution >= 4 is 31.5 Å². The standard InChI is InChI=1S/C44H30S/c1-2-10-29(11-3-1)32-13-8-14-33(26-32)30-20-22-31(23-21-30)37-18-9-19-43-44(37)41-28-35(24-25-42(41)45-43)40-27-34-12-4-5-15-36(34)38-16-6-7-17-39(38)40/h1-26,28,40H,27H2. The van der Waals surface area contributed by atoms with Crippen LogP contribution in [0, 0.1) is 0 Å². The van der Waals surface area contributed by atoms with Crippen molar-refractivity contribution in [2.45, 2.75) is 12.3 Å². The van der Waals surface area contributed by atoms with E-state index >= 15 is 0 Å². The van der Waals surface area contributed by atoms with Crippen LogP contribution in [0.3, 0.4) is 0 Å². The summed E-state index contributed by atoms with van der Waals surface area (Å²) < 4.78 is 2.69. The van der Waals surface area contributed by atoms with E-state index in [-0.39, 0.29) is 0 Å². The predicted octanol–water partition coefficient (Wildman–Crippen LogP) is 12.4. The Morgan fingerprint density at radius 1 is 0.422 bits per heavy atom. The highest BCUT2D eigenvalue weighted by Crippen LogP contribution is 2.46. The van der Waals surface area contributed by atoms with E-state index in [2.05, 4.69) is 164 Å². The summed E-state index contributed by atoms with van der Waals surface area (Å²) in [5.41, 5.74) is 14.5. The first-order valence-corrected chi connectivity index (χ1v) is 16.5. The molecule has 0 fully saturated rings. The van der Waals surface area contributed by atoms with Gasteiger partial charge in [0.25, 0.3) is 0 Å². The van der Waals surface area contributed by atoms with Gasteiger partial charge >= 0.3 is 0 Å². The molecule has 0 saturated carbocycles. The van der Waals surface area contributed by atoms with Crippen molar-refractivity contribution in [1.82, 2.24) is 0 Å². The molecule has 0 radical (unpaired) electrons. The molecule has 1 aliphatic rings. The van der Waals surface area contributed by atoms with E-state index in [1.54, 1.807) is 0 Å². The fourth-order valence-corrected chi connectivity index (χ4v) is 8.40. The Bertz CT molecular complexity index is 2340. The maximum atomic E-state index is 2.48. The number of hydrogen-bond acceptors (Lipinski definition) is 1. The number of thiophene rings is 1. The summed E-state index contributed by atoms with van der Waals surface area (Å²) in [6.07, 6.45) is 1.03. The molecule has 0 aliphatic heterocycles. The third-order valence-corrected chi connectivity index (χ3v) is 10.6. The van der Waals surface area contributed by atoms with Crippen LogP contribution in [-0.2, 0) is 6.42 Å². The van der Waals surface area contributed by atoms with Crippen LogP contribution in [0.4, 0.5) is 0 Å². The molecule has 1 unspecified atom stereocenters. The summed E-state index contributed by atoms with van der Waals surface area (Å²) in [4.78, 5) is 0. The summed E-state index contributed by atoms with van der Waals surface area (Å²) in [5.74, 6) is 0.341. The minimum absolute atomic E-state index is 0.341. The van der Waals surface area contributed by atoms with Crippen molar-refractivity contribution in [3.05, 3.63) is 180 Å². The van der Waals surface area contributed by atoms with Crippen LogP contribution in [0.1, 0.15) is 22.6 Å². The molecule has 9 rings (SSSR count). The average Bonchev–Trinajstić information content (AvgIpc) is 3.50. The first-order chi connectivity index (χ1) is 22.3. The second-order valence-electron chi connectivity index (χ2n) is 12.1. The minimum atomic E-state index is 0.341. The van der Waals surface area contributed by atoms with E-state index in [1.807, 2.05) is 11.3 Å². The van der Waals surface area contributed by atoms with E-state index in [4.69, 9.17) is 0 Å². The van der Waals surface area contributed by atoms with E-state index in [0.717, 1.165) is 6.42 Å². The van der Waals surface area contributed by atoms with Crippen LogP contribution in [0.15, 0.2) is 164 Å². The van der Waals surface area contributed by atoms with Gasteiger partial charge in [-0.3, -0.25) is 0 Å². The van der Waals surface area contributed by atoms with Gasteiger partial charge in [-0.05, 0) is 91.9 Å². The van der Waals surface area contributed by atoms with E-state index in [9.17, 15) is 0 Å². The van der Waals surface area contributed by atoms with Crippen LogP contribution in [0.5, 0.6) is 0 Å². The highest BCUT2D eigenvalue weighted by Gasteiger charge is 2.26. The van der Waals surface area contributed by atoms with Gasteiger partial charge in [0.1, 0.15) is 0 Å². The van der Waals surface area contributed by atoms with Crippen molar-refractivity contribution < 1.29 is 0 Å². The second-order valence-corrected chi connectivity index (χ2v) is 13.1. The number of rotatable bonds is 4. The Labute approximate surface area is 267 Å². The lowest BCUT2D eigenvalue weighted by Crippen LogP contribution is -2.12. The highest BCUT2D eigenvalue weighted by molar-refractivity contribution is 7.25. The Balaban J connectivity index is 1.12. The van der Waals surface area contributed by atoms with E-state index < -0.39 is 0 Å². The Morgan fingerprint density at radius 2 is 1.07 bits per heavy atom. The van der Waals surface area contributed by atoms with Crippen LogP contribution < -0.4 is 0 Å². The van der Waals surface area contributed by atoms with Crippen molar-refractivity contribution in [3.63, 3.8) is 0 Å². The minimum Gasteiger partial charge on any atom is -0.135 e. The van der Waals surface area contributed by atoms with Gasteiger partial charge in [0.05, 0.1) is 0 Å². The van der Waals surface area contributed by atoms with Gasteiger partial charge in [-0.2, -0.15) is 0 Å². The Morgan fingerprint density at radius 3 is 1.91 bits per heavy atom. The maximum absolute atomic E-state index is 2.48. The fraction of sp³-hybridized carbons (Fsp3) is 0.0455. The molecule has 45 heavy (non-hydrogen) atoms. The molecular formula is C44H30S. The molecule has 0 N–H and O–H groups in total. The second kappa shape index (κ2) is 10.7. The Kier molecular flexibility index (Phi) is 6.25. The van der Waals surface area contributed by atoms with Gasteiger partial charge in [0, 0.05) is 26.1 Å². The molecule has 0 saturated heterocycles. The van der Waals surface area contributed by atoms with Gasteiger partial charge in [-0.15, -0.1) is 11.3 Å². The Hall–Kier alpha value is -5.24. The zero-order chi connectivity index (χ0) is 29.7. The summed E-state index contributed by atoms with van der Waals surface area (Å²) in [6.45, 7) is 0. The molecule has 0 amide bonds. The van der Waals surface area contributed by atoms with Gasteiger partial charge in [0.15, 0.2) is 0 Å². The van der Waals surface area contributed by atoms with Crippen molar-refractivity contribution in [1.29, 1.82) is 0 Å². The van der Waals surface area contributed by atoms with Gasteiger partial charge in [-0.25, -0.2) is 0 Å². The van der Waals surface area contributed by atoms with E-state index in [1.165, 1.54) is 81.4 Å². The molecule has 1 heteroatoms. The van der Waals surface area contributed by atoms with Crippen molar-refractivity contribution in [3.8, 4) is 44.5 Å². The van der Waals surface area contributed by atoms with Crippen LogP contribution in [-0.4, -0.2) is 0 Å². The molecule has 1 aromatic heterocycles. The van der Waals surface area contributed by atoms with Crippen molar-refractivity contribution in [2.24, 2.45) is 0 Å². The number of fused-ring (bicyclic) bond motifs is 6. The molecular weight excluding hydrogens is 561 g/mol. The molecule has 1 aliphatic carbocycles. The molecule has 7 aromatic carbocycles. The zero-order valence-electron chi connectivity index (χ0n) is 24.8. The van der Waals surface area contributed by atoms with Gasteiger partial charge in [0.2, 0.25) is 0 Å². The van der Waals surface area contributed by atoms with Crippen LogP contribution in [0.2, 0.25) is 0 Å². The zero-order valence-corrected chi connectivity index (χ0v) is 25.6. The first-order valence-electron chi connectivity index (χ1n) is 15.7. The predicted molar refractivity (Wildman–Crippen MR) is 193 cm³/mol. The summed E-state index contributed by atoms with van der Waals surface area (Å²) in [7, 11) is 0. The molecule has 0 spiro atoms. The fourth-order valence-electron chi connectivity index (χ4n) is 7.29. The van der Waals surface area contributed by atoms with Crippen molar-refractivity contribution in [2.75, 3.05) is 0 Å². The lowest BCUT2D eigenvalue weighted by atomic mass is 9.75. The highest BCUT2D eigenvalue weighted by atomic mass is 32.1. The topological polar surface area (TPSA) is 0 Å². The largest absolute Gasteiger partial charge is 0.135 e. The maximum Gasteiger partial charge on any atom is 0.0361 e. The lowest BCUT2D eigenvalue weighted by Gasteiger charge is -2.28. The molecule has 0 bridgehead atoms.